The lowest BCUT2D eigenvalue weighted by atomic mass is 10.3. The highest BCUT2D eigenvalue weighted by molar-refractivity contribution is 7.98. The molecular weight excluding hydrogens is 120 g/mol. The van der Waals surface area contributed by atoms with Crippen molar-refractivity contribution in [1.82, 2.24) is 0 Å². The van der Waals surface area contributed by atoms with Crippen LogP contribution in [-0.2, 0) is 0 Å². The van der Waals surface area contributed by atoms with E-state index < -0.39 is 0 Å². The Morgan fingerprint density at radius 3 is 2.50 bits per heavy atom. The molecular formula is C5H12N2S. The number of hydrogen-bond donors (Lipinski definition) is 2. The predicted octanol–water partition coefficient (Wildman–Crippen LogP) is 0.149. The smallest absolute Gasteiger partial charge is 0.0528 e. The van der Waals surface area contributed by atoms with E-state index in [2.05, 4.69) is 6.58 Å². The lowest BCUT2D eigenvalue weighted by Crippen LogP contribution is -2.28. The largest absolute Gasteiger partial charge is 0.401 e. The maximum atomic E-state index is 5.48. The summed E-state index contributed by atoms with van der Waals surface area (Å²) in [5, 5.41) is 0. The third-order valence-corrected chi connectivity index (χ3v) is 1.51. The summed E-state index contributed by atoms with van der Waals surface area (Å²) in [6.07, 6.45) is 1.99. The van der Waals surface area contributed by atoms with Gasteiger partial charge in [-0.15, -0.1) is 0 Å². The van der Waals surface area contributed by atoms with E-state index in [1.165, 1.54) is 0 Å². The van der Waals surface area contributed by atoms with Gasteiger partial charge in [-0.2, -0.15) is 11.8 Å². The molecule has 48 valence electrons. The van der Waals surface area contributed by atoms with Gasteiger partial charge in [0.2, 0.25) is 0 Å². The zero-order chi connectivity index (χ0) is 6.57. The molecule has 0 spiro atoms. The second-order valence-corrected chi connectivity index (χ2v) is 2.55. The molecule has 0 aliphatic carbocycles. The summed E-state index contributed by atoms with van der Waals surface area (Å²) in [6.45, 7) is 3.51. The van der Waals surface area contributed by atoms with Crippen LogP contribution in [0.25, 0.3) is 0 Å². The van der Waals surface area contributed by atoms with Crippen LogP contribution >= 0.6 is 11.8 Å². The monoisotopic (exact) mass is 132 g/mol. The molecule has 0 amide bonds. The van der Waals surface area contributed by atoms with E-state index in [0.717, 1.165) is 5.75 Å². The molecule has 0 aromatic carbocycles. The van der Waals surface area contributed by atoms with Crippen molar-refractivity contribution in [3.63, 3.8) is 0 Å². The molecule has 0 saturated heterocycles. The lowest BCUT2D eigenvalue weighted by Gasteiger charge is -2.06. The first-order valence-corrected chi connectivity index (χ1v) is 3.76. The standard InChI is InChI=1S/C5H12N2S/c1-4(6)5(7)3-8-2/h5H,1,3,6-7H2,2H3. The average Bonchev–Trinajstić information content (AvgIpc) is 1.67. The van der Waals surface area contributed by atoms with Crippen LogP contribution in [0.15, 0.2) is 12.3 Å². The van der Waals surface area contributed by atoms with Crippen molar-refractivity contribution in [1.29, 1.82) is 0 Å². The summed E-state index contributed by atoms with van der Waals surface area (Å²) >= 11 is 1.67. The third-order valence-electron chi connectivity index (χ3n) is 0.822. The Hall–Kier alpha value is -0.150. The summed E-state index contributed by atoms with van der Waals surface area (Å²) in [7, 11) is 0. The van der Waals surface area contributed by atoms with Gasteiger partial charge in [-0.25, -0.2) is 0 Å². The van der Waals surface area contributed by atoms with Gasteiger partial charge in [0.25, 0.3) is 0 Å². The van der Waals surface area contributed by atoms with Crippen LogP contribution in [0, 0.1) is 0 Å². The van der Waals surface area contributed by atoms with Crippen LogP contribution in [-0.4, -0.2) is 18.1 Å². The van der Waals surface area contributed by atoms with Crippen LogP contribution in [0.1, 0.15) is 0 Å². The Labute approximate surface area is 54.3 Å². The molecule has 3 heteroatoms. The van der Waals surface area contributed by atoms with Crippen molar-refractivity contribution >= 4 is 11.8 Å². The van der Waals surface area contributed by atoms with E-state index in [1.807, 2.05) is 6.26 Å². The van der Waals surface area contributed by atoms with Gasteiger partial charge >= 0.3 is 0 Å². The van der Waals surface area contributed by atoms with E-state index in [0.29, 0.717) is 5.70 Å². The molecule has 0 saturated carbocycles. The molecule has 0 heterocycles. The van der Waals surface area contributed by atoms with Gasteiger partial charge in [-0.1, -0.05) is 6.58 Å². The van der Waals surface area contributed by atoms with Crippen molar-refractivity contribution in [3.8, 4) is 0 Å². The maximum absolute atomic E-state index is 5.48. The minimum Gasteiger partial charge on any atom is -0.401 e. The molecule has 0 radical (unpaired) electrons. The van der Waals surface area contributed by atoms with Crippen LogP contribution in [0.3, 0.4) is 0 Å². The van der Waals surface area contributed by atoms with E-state index >= 15 is 0 Å². The minimum atomic E-state index is -0.0370. The minimum absolute atomic E-state index is 0.0370. The van der Waals surface area contributed by atoms with Crippen LogP contribution in [0.5, 0.6) is 0 Å². The fourth-order valence-electron chi connectivity index (χ4n) is 0.287. The summed E-state index contributed by atoms with van der Waals surface area (Å²) in [6, 6.07) is -0.0370. The van der Waals surface area contributed by atoms with Crippen molar-refractivity contribution in [2.45, 2.75) is 6.04 Å². The van der Waals surface area contributed by atoms with Gasteiger partial charge in [0.05, 0.1) is 6.04 Å². The summed E-state index contributed by atoms with van der Waals surface area (Å²) in [5.41, 5.74) is 11.3. The van der Waals surface area contributed by atoms with Gasteiger partial charge in [-0.3, -0.25) is 0 Å². The average molecular weight is 132 g/mol. The third kappa shape index (κ3) is 2.93. The first-order valence-electron chi connectivity index (χ1n) is 2.37. The quantitative estimate of drug-likeness (QED) is 0.574. The van der Waals surface area contributed by atoms with Crippen LogP contribution in [0.4, 0.5) is 0 Å². The van der Waals surface area contributed by atoms with Gasteiger partial charge in [0.15, 0.2) is 0 Å². The molecule has 0 bridgehead atoms. The molecule has 0 rings (SSSR count). The SMILES string of the molecule is C=C(N)C(N)CSC. The Balaban J connectivity index is 3.32. The lowest BCUT2D eigenvalue weighted by molar-refractivity contribution is 0.865. The highest BCUT2D eigenvalue weighted by Gasteiger charge is 1.99. The van der Waals surface area contributed by atoms with E-state index in [4.69, 9.17) is 11.5 Å². The topological polar surface area (TPSA) is 52.0 Å². The van der Waals surface area contributed by atoms with Crippen molar-refractivity contribution in [3.05, 3.63) is 12.3 Å². The highest BCUT2D eigenvalue weighted by atomic mass is 32.2. The molecule has 2 nitrogen and oxygen atoms in total. The molecule has 0 aromatic rings. The second-order valence-electron chi connectivity index (χ2n) is 1.64. The van der Waals surface area contributed by atoms with Crippen molar-refractivity contribution < 1.29 is 0 Å². The summed E-state index contributed by atoms with van der Waals surface area (Å²) in [4.78, 5) is 0. The molecule has 1 unspecified atom stereocenters. The molecule has 8 heavy (non-hydrogen) atoms. The molecule has 0 fully saturated rings. The van der Waals surface area contributed by atoms with Crippen LogP contribution < -0.4 is 11.5 Å². The Bertz CT molecular complexity index is 82.5. The molecule has 0 aliphatic rings. The fraction of sp³-hybridized carbons (Fsp3) is 0.600. The Morgan fingerprint density at radius 1 is 1.88 bits per heavy atom. The van der Waals surface area contributed by atoms with E-state index in [-0.39, 0.29) is 6.04 Å². The predicted molar refractivity (Wildman–Crippen MR) is 39.7 cm³/mol. The van der Waals surface area contributed by atoms with Gasteiger partial charge in [0, 0.05) is 11.4 Å². The summed E-state index contributed by atoms with van der Waals surface area (Å²) < 4.78 is 0. The van der Waals surface area contributed by atoms with Crippen molar-refractivity contribution in [2.24, 2.45) is 11.5 Å². The molecule has 1 atom stereocenters. The number of nitrogens with two attached hydrogens (primary N) is 2. The zero-order valence-electron chi connectivity index (χ0n) is 5.05. The Morgan fingerprint density at radius 2 is 2.38 bits per heavy atom. The number of thioether (sulfide) groups is 1. The summed E-state index contributed by atoms with van der Waals surface area (Å²) in [5.74, 6) is 0.856. The van der Waals surface area contributed by atoms with Crippen LogP contribution in [0.2, 0.25) is 0 Å². The zero-order valence-corrected chi connectivity index (χ0v) is 5.87. The number of hydrogen-bond acceptors (Lipinski definition) is 3. The van der Waals surface area contributed by atoms with Gasteiger partial charge < -0.3 is 11.5 Å². The van der Waals surface area contributed by atoms with Gasteiger partial charge in [0.1, 0.15) is 0 Å². The second kappa shape index (κ2) is 3.80. The molecule has 4 N–H and O–H groups in total. The number of rotatable bonds is 3. The first kappa shape index (κ1) is 7.85. The van der Waals surface area contributed by atoms with Crippen molar-refractivity contribution in [2.75, 3.05) is 12.0 Å². The maximum Gasteiger partial charge on any atom is 0.0528 e. The van der Waals surface area contributed by atoms with E-state index in [9.17, 15) is 0 Å². The highest BCUT2D eigenvalue weighted by Crippen LogP contribution is 1.97. The van der Waals surface area contributed by atoms with E-state index in [1.54, 1.807) is 11.8 Å². The normalized spacial score (nSPS) is 13.2. The molecule has 0 aromatic heterocycles. The fourth-order valence-corrected chi connectivity index (χ4v) is 0.860. The first-order chi connectivity index (χ1) is 3.68. The molecule has 0 aliphatic heterocycles. The van der Waals surface area contributed by atoms with Gasteiger partial charge in [-0.05, 0) is 6.26 Å². The Kier molecular flexibility index (Phi) is 3.73.